The van der Waals surface area contributed by atoms with E-state index in [1.807, 2.05) is 30.3 Å². The summed E-state index contributed by atoms with van der Waals surface area (Å²) in [4.78, 5) is 25.0. The third-order valence-corrected chi connectivity index (χ3v) is 8.35. The average molecular weight is 496 g/mol. The number of carbonyl (C=O) groups is 1. The molecule has 4 nitrogen and oxygen atoms in total. The Morgan fingerprint density at radius 2 is 1.94 bits per heavy atom. The minimum Gasteiger partial charge on any atom is -0.355 e. The van der Waals surface area contributed by atoms with Gasteiger partial charge in [0.25, 0.3) is 0 Å². The van der Waals surface area contributed by atoms with Gasteiger partial charge in [-0.15, -0.1) is 0 Å². The van der Waals surface area contributed by atoms with Crippen LogP contribution in [0.15, 0.2) is 106 Å². The van der Waals surface area contributed by atoms with Crippen LogP contribution >= 0.6 is 11.8 Å². The number of halogens is 1. The maximum absolute atomic E-state index is 13.9. The number of carbonyl (C=O) groups excluding carboxylic acids is 1. The fourth-order valence-corrected chi connectivity index (χ4v) is 6.36. The Hall–Kier alpha value is -3.51. The van der Waals surface area contributed by atoms with E-state index >= 15 is 0 Å². The maximum atomic E-state index is 13.9. The highest BCUT2D eigenvalue weighted by molar-refractivity contribution is 8.03. The third-order valence-electron chi connectivity index (χ3n) is 7.16. The zero-order valence-electron chi connectivity index (χ0n) is 19.8. The molecule has 3 aliphatic rings. The van der Waals surface area contributed by atoms with Crippen LogP contribution < -0.4 is 5.32 Å². The molecule has 0 spiro atoms. The molecule has 0 saturated heterocycles. The van der Waals surface area contributed by atoms with E-state index in [0.29, 0.717) is 13.0 Å². The zero-order chi connectivity index (χ0) is 24.5. The molecule has 1 amide bonds. The van der Waals surface area contributed by atoms with Gasteiger partial charge >= 0.3 is 0 Å². The minimum atomic E-state index is -0.542. The number of allylic oxidation sites excluding steroid dienone is 3. The number of rotatable bonds is 6. The largest absolute Gasteiger partial charge is 0.355 e. The van der Waals surface area contributed by atoms with Crippen molar-refractivity contribution in [2.45, 2.75) is 30.6 Å². The van der Waals surface area contributed by atoms with Gasteiger partial charge in [-0.25, -0.2) is 4.39 Å². The van der Waals surface area contributed by atoms with E-state index in [-0.39, 0.29) is 17.6 Å². The van der Waals surface area contributed by atoms with Crippen LogP contribution in [0.25, 0.3) is 0 Å². The average Bonchev–Trinajstić information content (AvgIpc) is 3.65. The van der Waals surface area contributed by atoms with Crippen LogP contribution in [0.2, 0.25) is 0 Å². The quantitative estimate of drug-likeness (QED) is 0.434. The topological polar surface area (TPSA) is 54.4 Å². The molecule has 1 fully saturated rings. The summed E-state index contributed by atoms with van der Waals surface area (Å²) < 4.78 is 13.9. The van der Waals surface area contributed by atoms with Crippen LogP contribution in [0.1, 0.15) is 29.5 Å². The predicted octanol–water partition coefficient (Wildman–Crippen LogP) is 5.89. The van der Waals surface area contributed by atoms with E-state index in [1.165, 1.54) is 11.0 Å². The van der Waals surface area contributed by atoms with E-state index in [2.05, 4.69) is 34.6 Å². The van der Waals surface area contributed by atoms with Gasteiger partial charge in [-0.2, -0.15) is 0 Å². The molecule has 2 heterocycles. The highest BCUT2D eigenvalue weighted by Crippen LogP contribution is 2.62. The Balaban J connectivity index is 1.28. The number of hydrogen-bond acceptors (Lipinski definition) is 4. The number of hydrogen-bond donors (Lipinski definition) is 1. The van der Waals surface area contributed by atoms with Gasteiger partial charge in [-0.1, -0.05) is 54.2 Å². The molecule has 6 heteroatoms. The molecule has 0 bridgehead atoms. The summed E-state index contributed by atoms with van der Waals surface area (Å²) in [6.07, 6.45) is 10.6. The summed E-state index contributed by atoms with van der Waals surface area (Å²) in [6, 6.07) is 18.9. The number of benzene rings is 2. The van der Waals surface area contributed by atoms with E-state index in [4.69, 9.17) is 4.99 Å². The lowest BCUT2D eigenvalue weighted by Gasteiger charge is -2.14. The fourth-order valence-electron chi connectivity index (χ4n) is 5.18. The van der Waals surface area contributed by atoms with Gasteiger partial charge in [-0.05, 0) is 60.7 Å². The third kappa shape index (κ3) is 4.42. The molecule has 2 atom stereocenters. The number of nitrogens with one attached hydrogen (secondary N) is 1. The van der Waals surface area contributed by atoms with Crippen molar-refractivity contribution >= 4 is 23.4 Å². The first-order valence-electron chi connectivity index (χ1n) is 12.3. The summed E-state index contributed by atoms with van der Waals surface area (Å²) in [5.41, 5.74) is 4.52. The lowest BCUT2D eigenvalue weighted by atomic mass is 9.99. The Bertz CT molecular complexity index is 1410. The molecule has 1 aromatic heterocycles. The van der Waals surface area contributed by atoms with Gasteiger partial charge in [0.05, 0.1) is 16.8 Å². The monoisotopic (exact) mass is 495 g/mol. The van der Waals surface area contributed by atoms with Crippen molar-refractivity contribution in [3.8, 4) is 0 Å². The van der Waals surface area contributed by atoms with Crippen molar-refractivity contribution in [3.05, 3.63) is 118 Å². The van der Waals surface area contributed by atoms with Crippen molar-refractivity contribution in [1.29, 1.82) is 0 Å². The van der Waals surface area contributed by atoms with Gasteiger partial charge in [0.1, 0.15) is 5.82 Å². The smallest absolute Gasteiger partial charge is 0.230 e. The van der Waals surface area contributed by atoms with Crippen LogP contribution in [-0.2, 0) is 17.6 Å². The highest BCUT2D eigenvalue weighted by atomic mass is 32.2. The summed E-state index contributed by atoms with van der Waals surface area (Å²) in [6.45, 7) is 0.589. The van der Waals surface area contributed by atoms with Crippen LogP contribution in [0, 0.1) is 17.2 Å². The van der Waals surface area contributed by atoms with E-state index in [9.17, 15) is 9.18 Å². The predicted molar refractivity (Wildman–Crippen MR) is 141 cm³/mol. The number of aliphatic imine (C=N–C) groups is 1. The van der Waals surface area contributed by atoms with Crippen LogP contribution in [0.3, 0.4) is 0 Å². The second-order valence-electron chi connectivity index (χ2n) is 9.54. The van der Waals surface area contributed by atoms with Crippen molar-refractivity contribution < 1.29 is 9.18 Å². The van der Waals surface area contributed by atoms with Crippen molar-refractivity contribution in [1.82, 2.24) is 10.3 Å². The van der Waals surface area contributed by atoms with Crippen LogP contribution in [-0.4, -0.2) is 23.1 Å². The molecule has 36 heavy (non-hydrogen) atoms. The first kappa shape index (κ1) is 22.9. The number of fused-ring (bicyclic) bond motifs is 3. The van der Waals surface area contributed by atoms with E-state index < -0.39 is 5.41 Å². The normalized spacial score (nSPS) is 21.9. The van der Waals surface area contributed by atoms with Gasteiger partial charge in [0.15, 0.2) is 0 Å². The summed E-state index contributed by atoms with van der Waals surface area (Å²) in [5.74, 6) is -0.121. The Kier molecular flexibility index (Phi) is 6.05. The van der Waals surface area contributed by atoms with E-state index in [1.54, 1.807) is 36.3 Å². The number of amides is 1. The Labute approximate surface area is 214 Å². The maximum Gasteiger partial charge on any atom is 0.230 e. The first-order chi connectivity index (χ1) is 17.6. The van der Waals surface area contributed by atoms with Gasteiger partial charge in [-0.3, -0.25) is 14.8 Å². The van der Waals surface area contributed by atoms with Gasteiger partial charge in [0, 0.05) is 46.6 Å². The molecular formula is C30H26FN3OS. The van der Waals surface area contributed by atoms with E-state index in [0.717, 1.165) is 52.3 Å². The second kappa shape index (κ2) is 9.51. The standard InChI is InChI=1S/C30H26FN3OS/c31-22-6-3-5-21(17-22)18-25-23-7-1-2-8-26(23)36-27-9-4-13-30(19-24(30)28(27)34-25)29(35)33-16-12-20-10-14-32-15-11-20/h1-8,10-11,13-15,17,24H,9,12,16,18-19H2,(H,33,35). The molecule has 2 unspecified atom stereocenters. The molecule has 2 aliphatic carbocycles. The molecular weight excluding hydrogens is 469 g/mol. The van der Waals surface area contributed by atoms with Gasteiger partial charge < -0.3 is 5.32 Å². The Morgan fingerprint density at radius 1 is 1.08 bits per heavy atom. The fraction of sp³-hybridized carbons (Fsp3) is 0.233. The number of pyridine rings is 1. The second-order valence-corrected chi connectivity index (χ2v) is 10.7. The van der Waals surface area contributed by atoms with Crippen LogP contribution in [0.5, 0.6) is 0 Å². The summed E-state index contributed by atoms with van der Waals surface area (Å²) in [5, 5.41) is 3.17. The molecule has 1 aliphatic heterocycles. The Morgan fingerprint density at radius 3 is 2.81 bits per heavy atom. The molecule has 3 aromatic rings. The van der Waals surface area contributed by atoms with Crippen LogP contribution in [0.4, 0.5) is 4.39 Å². The minimum absolute atomic E-state index is 0.0523. The SMILES string of the molecule is O=C(NCCc1ccncc1)C12C=CCC3=C(N=C(Cc4cccc(F)c4)c4ccccc4S3)C1C2. The van der Waals surface area contributed by atoms with Crippen molar-refractivity contribution in [2.75, 3.05) is 6.54 Å². The summed E-state index contributed by atoms with van der Waals surface area (Å²) >= 11 is 1.75. The molecule has 6 rings (SSSR count). The number of aromatic nitrogens is 1. The molecule has 1 N–H and O–H groups in total. The van der Waals surface area contributed by atoms with Gasteiger partial charge in [0.2, 0.25) is 5.91 Å². The molecule has 180 valence electrons. The highest BCUT2D eigenvalue weighted by Gasteiger charge is 2.61. The molecule has 1 saturated carbocycles. The lowest BCUT2D eigenvalue weighted by Crippen LogP contribution is -2.33. The molecule has 0 radical (unpaired) electrons. The van der Waals surface area contributed by atoms with Crippen molar-refractivity contribution in [3.63, 3.8) is 0 Å². The number of nitrogens with zero attached hydrogens (tertiary/aromatic N) is 2. The summed E-state index contributed by atoms with van der Waals surface area (Å²) in [7, 11) is 0. The molecule has 2 aromatic carbocycles. The van der Waals surface area contributed by atoms with Crippen molar-refractivity contribution in [2.24, 2.45) is 16.3 Å². The number of thioether (sulfide) groups is 1. The first-order valence-corrected chi connectivity index (χ1v) is 13.1. The lowest BCUT2D eigenvalue weighted by molar-refractivity contribution is -0.125. The zero-order valence-corrected chi connectivity index (χ0v) is 20.6.